The predicted octanol–water partition coefficient (Wildman–Crippen LogP) is 11.8. The first-order valence-electron chi connectivity index (χ1n) is 14.9. The Morgan fingerprint density at radius 3 is 1.86 bits per heavy atom. The van der Waals surface area contributed by atoms with Crippen LogP contribution in [-0.4, -0.2) is 5.71 Å². The van der Waals surface area contributed by atoms with Crippen LogP contribution in [0.4, 0.5) is 5.69 Å². The molecule has 0 unspecified atom stereocenters. The monoisotopic (exact) mass is 551 g/mol. The maximum Gasteiger partial charge on any atom is 0.0662 e. The zero-order valence-electron chi connectivity index (χ0n) is 24.8. The maximum absolute atomic E-state index is 5.00. The molecule has 0 spiro atoms. The molecule has 0 fully saturated rings. The second kappa shape index (κ2) is 11.2. The molecule has 0 amide bonds. The fraction of sp³-hybridized carbons (Fsp3) is 0.0714. The Labute approximate surface area is 253 Å². The van der Waals surface area contributed by atoms with E-state index in [1.54, 1.807) is 0 Å². The molecule has 1 nitrogen and oxygen atoms in total. The van der Waals surface area contributed by atoms with Gasteiger partial charge in [0.2, 0.25) is 0 Å². The van der Waals surface area contributed by atoms with Gasteiger partial charge < -0.3 is 0 Å². The molecule has 7 rings (SSSR count). The molecular formula is C42H33N. The number of hydrogen-bond acceptors (Lipinski definition) is 1. The van der Waals surface area contributed by atoms with Gasteiger partial charge in [-0.1, -0.05) is 133 Å². The molecular weight excluding hydrogens is 518 g/mol. The van der Waals surface area contributed by atoms with Gasteiger partial charge in [-0.15, -0.1) is 0 Å². The lowest BCUT2D eigenvalue weighted by molar-refractivity contribution is 1.38. The molecule has 0 aromatic heterocycles. The molecule has 0 bridgehead atoms. The first kappa shape index (κ1) is 26.6. The molecule has 0 aliphatic carbocycles. The van der Waals surface area contributed by atoms with Crippen LogP contribution in [0.1, 0.15) is 23.6 Å². The van der Waals surface area contributed by atoms with Gasteiger partial charge in [0.15, 0.2) is 0 Å². The van der Waals surface area contributed by atoms with E-state index in [0.29, 0.717) is 0 Å². The van der Waals surface area contributed by atoms with Crippen molar-refractivity contribution in [3.05, 3.63) is 162 Å². The topological polar surface area (TPSA) is 12.4 Å². The van der Waals surface area contributed by atoms with Crippen molar-refractivity contribution in [3.8, 4) is 33.4 Å². The number of para-hydroxylation sites is 1. The van der Waals surface area contributed by atoms with Crippen molar-refractivity contribution in [1.82, 2.24) is 0 Å². The van der Waals surface area contributed by atoms with Gasteiger partial charge in [0, 0.05) is 11.3 Å². The van der Waals surface area contributed by atoms with Crippen molar-refractivity contribution in [2.75, 3.05) is 0 Å². The van der Waals surface area contributed by atoms with Crippen LogP contribution in [0.15, 0.2) is 151 Å². The minimum absolute atomic E-state index is 1.02. The zero-order chi connectivity index (χ0) is 29.3. The van der Waals surface area contributed by atoms with E-state index in [0.717, 1.165) is 17.0 Å². The number of aliphatic imine (C=N–C) groups is 1. The van der Waals surface area contributed by atoms with E-state index in [2.05, 4.69) is 160 Å². The standard InChI is InChI=1S/C42H33N/c1-28-12-4-11-19-42(28)43-30(3)36-14-7-8-16-38(36)35-25-24-33(26-29(35)2)31-20-22-32(23-21-31)41-27-34-13-5-6-15-37(34)39-17-9-10-18-40(39)41/h4-27H,1-3H3/b43-30+. The summed E-state index contributed by atoms with van der Waals surface area (Å²) in [5.41, 5.74) is 13.0. The molecule has 7 aromatic carbocycles. The zero-order valence-corrected chi connectivity index (χ0v) is 24.8. The number of rotatable bonds is 5. The highest BCUT2D eigenvalue weighted by atomic mass is 14.7. The highest BCUT2D eigenvalue weighted by Crippen LogP contribution is 2.37. The third-order valence-corrected chi connectivity index (χ3v) is 8.53. The second-order valence-corrected chi connectivity index (χ2v) is 11.3. The van der Waals surface area contributed by atoms with E-state index in [9.17, 15) is 0 Å². The SMILES string of the molecule is C/C(=N\c1ccccc1C)c1ccccc1-c1ccc(-c2ccc(-c3cc4ccccc4c4ccccc34)cc2)cc1C. The first-order valence-corrected chi connectivity index (χ1v) is 14.9. The maximum atomic E-state index is 5.00. The van der Waals surface area contributed by atoms with Crippen LogP contribution in [0.2, 0.25) is 0 Å². The van der Waals surface area contributed by atoms with Crippen molar-refractivity contribution < 1.29 is 0 Å². The molecule has 1 heteroatoms. The number of aryl methyl sites for hydroxylation is 2. The summed E-state index contributed by atoms with van der Waals surface area (Å²) in [6.45, 7) is 6.42. The van der Waals surface area contributed by atoms with Crippen molar-refractivity contribution >= 4 is 32.9 Å². The Hall–Kier alpha value is -5.27. The van der Waals surface area contributed by atoms with Gasteiger partial charge >= 0.3 is 0 Å². The lowest BCUT2D eigenvalue weighted by Gasteiger charge is -2.15. The van der Waals surface area contributed by atoms with Gasteiger partial charge in [0.1, 0.15) is 0 Å². The van der Waals surface area contributed by atoms with E-state index in [4.69, 9.17) is 4.99 Å². The van der Waals surface area contributed by atoms with Crippen molar-refractivity contribution in [1.29, 1.82) is 0 Å². The van der Waals surface area contributed by atoms with Crippen molar-refractivity contribution in [2.45, 2.75) is 20.8 Å². The van der Waals surface area contributed by atoms with Crippen LogP contribution in [-0.2, 0) is 0 Å². The lowest BCUT2D eigenvalue weighted by atomic mass is 9.90. The van der Waals surface area contributed by atoms with Crippen LogP contribution in [0.5, 0.6) is 0 Å². The summed E-state index contributed by atoms with van der Waals surface area (Å²) in [4.78, 5) is 5.00. The number of hydrogen-bond donors (Lipinski definition) is 0. The molecule has 0 radical (unpaired) electrons. The predicted molar refractivity (Wildman–Crippen MR) is 186 cm³/mol. The Kier molecular flexibility index (Phi) is 6.93. The smallest absolute Gasteiger partial charge is 0.0662 e. The summed E-state index contributed by atoms with van der Waals surface area (Å²) in [5, 5.41) is 5.15. The van der Waals surface area contributed by atoms with Crippen molar-refractivity contribution in [2.24, 2.45) is 4.99 Å². The Balaban J connectivity index is 1.23. The molecule has 7 aromatic rings. The van der Waals surface area contributed by atoms with Crippen LogP contribution in [0, 0.1) is 13.8 Å². The molecule has 0 atom stereocenters. The van der Waals surface area contributed by atoms with E-state index in [1.807, 2.05) is 6.07 Å². The van der Waals surface area contributed by atoms with E-state index in [-0.39, 0.29) is 0 Å². The Morgan fingerprint density at radius 1 is 0.442 bits per heavy atom. The molecule has 0 N–H and O–H groups in total. The summed E-state index contributed by atoms with van der Waals surface area (Å²) < 4.78 is 0. The summed E-state index contributed by atoms with van der Waals surface area (Å²) in [5.74, 6) is 0. The average molecular weight is 552 g/mol. The van der Waals surface area contributed by atoms with Crippen LogP contribution >= 0.6 is 0 Å². The quantitative estimate of drug-likeness (QED) is 0.149. The highest BCUT2D eigenvalue weighted by Gasteiger charge is 2.12. The molecule has 0 saturated carbocycles. The summed E-state index contributed by atoms with van der Waals surface area (Å²) in [7, 11) is 0. The van der Waals surface area contributed by atoms with E-state index in [1.165, 1.54) is 66.1 Å². The molecule has 0 aliphatic rings. The lowest BCUT2D eigenvalue weighted by Crippen LogP contribution is -1.99. The Morgan fingerprint density at radius 2 is 1.07 bits per heavy atom. The molecule has 206 valence electrons. The van der Waals surface area contributed by atoms with Gasteiger partial charge in [-0.2, -0.15) is 0 Å². The minimum atomic E-state index is 1.02. The highest BCUT2D eigenvalue weighted by molar-refractivity contribution is 6.13. The van der Waals surface area contributed by atoms with Crippen LogP contribution in [0.3, 0.4) is 0 Å². The van der Waals surface area contributed by atoms with Gasteiger partial charge in [-0.3, -0.25) is 4.99 Å². The van der Waals surface area contributed by atoms with Gasteiger partial charge in [0.25, 0.3) is 0 Å². The largest absolute Gasteiger partial charge is 0.253 e. The first-order chi connectivity index (χ1) is 21.1. The minimum Gasteiger partial charge on any atom is -0.253 e. The second-order valence-electron chi connectivity index (χ2n) is 11.3. The Bertz CT molecular complexity index is 2150. The normalized spacial score (nSPS) is 11.7. The van der Waals surface area contributed by atoms with E-state index < -0.39 is 0 Å². The van der Waals surface area contributed by atoms with Crippen molar-refractivity contribution in [3.63, 3.8) is 0 Å². The third kappa shape index (κ3) is 5.04. The van der Waals surface area contributed by atoms with Crippen LogP contribution in [0.25, 0.3) is 54.9 Å². The fourth-order valence-corrected chi connectivity index (χ4v) is 6.24. The van der Waals surface area contributed by atoms with Gasteiger partial charge in [0.05, 0.1) is 5.69 Å². The number of fused-ring (bicyclic) bond motifs is 3. The summed E-state index contributed by atoms with van der Waals surface area (Å²) in [6, 6.07) is 52.4. The van der Waals surface area contributed by atoms with E-state index >= 15 is 0 Å². The summed E-state index contributed by atoms with van der Waals surface area (Å²) in [6.07, 6.45) is 0. The van der Waals surface area contributed by atoms with Gasteiger partial charge in [-0.25, -0.2) is 0 Å². The third-order valence-electron chi connectivity index (χ3n) is 8.53. The summed E-state index contributed by atoms with van der Waals surface area (Å²) >= 11 is 0. The number of benzene rings is 7. The number of nitrogens with zero attached hydrogens (tertiary/aromatic N) is 1. The average Bonchev–Trinajstić information content (AvgIpc) is 3.05. The molecule has 0 heterocycles. The van der Waals surface area contributed by atoms with Gasteiger partial charge in [-0.05, 0) is 99.0 Å². The molecule has 43 heavy (non-hydrogen) atoms. The van der Waals surface area contributed by atoms with Crippen LogP contribution < -0.4 is 0 Å². The molecule has 0 aliphatic heterocycles. The fourth-order valence-electron chi connectivity index (χ4n) is 6.24. The molecule has 0 saturated heterocycles.